The highest BCUT2D eigenvalue weighted by Gasteiger charge is 2.22. The predicted molar refractivity (Wildman–Crippen MR) is 129 cm³/mol. The van der Waals surface area contributed by atoms with E-state index in [2.05, 4.69) is 20.2 Å². The van der Waals surface area contributed by atoms with E-state index in [-0.39, 0.29) is 33.9 Å². The zero-order chi connectivity index (χ0) is 25.1. The summed E-state index contributed by atoms with van der Waals surface area (Å²) in [6.45, 7) is 2.78. The molecule has 0 saturated carbocycles. The number of hydrogen-bond donors (Lipinski definition) is 2. The molecule has 0 atom stereocenters. The van der Waals surface area contributed by atoms with Gasteiger partial charge in [-0.05, 0) is 12.1 Å². The van der Waals surface area contributed by atoms with E-state index in [0.717, 1.165) is 30.9 Å². The molecule has 1 saturated heterocycles. The molecule has 0 aliphatic carbocycles. The number of rotatable bonds is 7. The Labute approximate surface area is 204 Å². The smallest absolute Gasteiger partial charge is 0.307 e. The molecule has 0 spiro atoms. The molecular weight excluding hydrogens is 483 g/mol. The fourth-order valence-electron chi connectivity index (χ4n) is 3.66. The van der Waals surface area contributed by atoms with E-state index in [1.54, 1.807) is 0 Å². The number of benzene rings is 2. The number of nitro benzene ring substituents is 1. The highest BCUT2D eigenvalue weighted by molar-refractivity contribution is 6.35. The average Bonchev–Trinajstić information content (AvgIpc) is 2.86. The third kappa shape index (κ3) is 4.98. The van der Waals surface area contributed by atoms with Gasteiger partial charge in [0.15, 0.2) is 0 Å². The topological polar surface area (TPSA) is 138 Å². The second-order valence-electron chi connectivity index (χ2n) is 7.47. The van der Waals surface area contributed by atoms with E-state index < -0.39 is 16.4 Å². The van der Waals surface area contributed by atoms with Crippen LogP contribution in [0.4, 0.5) is 33.2 Å². The average molecular weight is 505 g/mol. The maximum Gasteiger partial charge on any atom is 0.307 e. The number of nitrogen functional groups attached to an aromatic ring is 1. The van der Waals surface area contributed by atoms with Gasteiger partial charge in [-0.1, -0.05) is 11.6 Å². The number of anilines is 4. The van der Waals surface area contributed by atoms with Crippen molar-refractivity contribution in [2.75, 3.05) is 56.5 Å². The maximum atomic E-state index is 14.0. The van der Waals surface area contributed by atoms with Crippen LogP contribution in [0.5, 0.6) is 11.5 Å². The Morgan fingerprint density at radius 3 is 2.54 bits per heavy atom. The first-order chi connectivity index (χ1) is 16.8. The van der Waals surface area contributed by atoms with Crippen molar-refractivity contribution in [1.82, 2.24) is 9.97 Å². The van der Waals surface area contributed by atoms with Crippen LogP contribution in [-0.2, 0) is 4.74 Å². The number of nitro groups is 1. The first-order valence-electron chi connectivity index (χ1n) is 10.5. The largest absolute Gasteiger partial charge is 0.496 e. The lowest BCUT2D eigenvalue weighted by Gasteiger charge is -2.29. The predicted octanol–water partition coefficient (Wildman–Crippen LogP) is 4.02. The second kappa shape index (κ2) is 10.2. The van der Waals surface area contributed by atoms with Crippen molar-refractivity contribution >= 4 is 40.4 Å². The van der Waals surface area contributed by atoms with Crippen molar-refractivity contribution in [3.8, 4) is 22.8 Å². The standard InChI is InChI=1S/C22H22ClFN6O5/c1-33-17-9-12(29-5-7-35-8-6-29)3-4-13(17)20-19(23)21(25)28-22(27-20)26-15-11-16(30(31)32)14(24)10-18(15)34-2/h3-4,9-11H,5-8H2,1-2H3,(H3,25,26,27,28). The third-order valence-corrected chi connectivity index (χ3v) is 5.78. The van der Waals surface area contributed by atoms with Crippen LogP contribution in [0, 0.1) is 15.9 Å². The Bertz CT molecular complexity index is 1270. The van der Waals surface area contributed by atoms with Gasteiger partial charge in [0.05, 0.1) is 38.0 Å². The van der Waals surface area contributed by atoms with Crippen LogP contribution in [0.15, 0.2) is 30.3 Å². The highest BCUT2D eigenvalue weighted by Crippen LogP contribution is 2.40. The molecule has 0 amide bonds. The van der Waals surface area contributed by atoms with Gasteiger partial charge in [-0.3, -0.25) is 10.1 Å². The quantitative estimate of drug-likeness (QED) is 0.358. The number of hydrogen-bond acceptors (Lipinski definition) is 10. The lowest BCUT2D eigenvalue weighted by molar-refractivity contribution is -0.387. The Morgan fingerprint density at radius 2 is 1.89 bits per heavy atom. The number of aromatic nitrogens is 2. The minimum atomic E-state index is -1.04. The molecule has 1 aliphatic heterocycles. The zero-order valence-corrected chi connectivity index (χ0v) is 19.6. The van der Waals surface area contributed by atoms with Gasteiger partial charge in [0.25, 0.3) is 0 Å². The fraction of sp³-hybridized carbons (Fsp3) is 0.273. The fourth-order valence-corrected chi connectivity index (χ4v) is 3.85. The monoisotopic (exact) mass is 504 g/mol. The van der Waals surface area contributed by atoms with Crippen molar-refractivity contribution in [3.05, 3.63) is 51.3 Å². The molecule has 11 nitrogen and oxygen atoms in total. The number of ether oxygens (including phenoxy) is 3. The first-order valence-corrected chi connectivity index (χ1v) is 10.8. The molecule has 1 aliphatic rings. The van der Waals surface area contributed by atoms with Crippen molar-refractivity contribution < 1.29 is 23.5 Å². The summed E-state index contributed by atoms with van der Waals surface area (Å²) < 4.78 is 30.2. The molecular formula is C22H22ClFN6O5. The van der Waals surface area contributed by atoms with Crippen LogP contribution in [0.25, 0.3) is 11.3 Å². The molecule has 4 rings (SSSR count). The number of nitrogens with two attached hydrogens (primary N) is 1. The molecule has 35 heavy (non-hydrogen) atoms. The summed E-state index contributed by atoms with van der Waals surface area (Å²) in [5, 5.41) is 14.1. The maximum absolute atomic E-state index is 14.0. The Hall–Kier alpha value is -3.90. The summed E-state index contributed by atoms with van der Waals surface area (Å²) in [5.41, 5.74) is 7.16. The minimum absolute atomic E-state index is 0.0132. The Balaban J connectivity index is 1.74. The van der Waals surface area contributed by atoms with Gasteiger partial charge in [-0.2, -0.15) is 9.37 Å². The molecule has 1 fully saturated rings. The van der Waals surface area contributed by atoms with E-state index in [1.807, 2.05) is 18.2 Å². The van der Waals surface area contributed by atoms with E-state index >= 15 is 0 Å². The zero-order valence-electron chi connectivity index (χ0n) is 18.9. The molecule has 2 heterocycles. The molecule has 1 aromatic heterocycles. The first kappa shape index (κ1) is 24.2. The van der Waals surface area contributed by atoms with Crippen LogP contribution >= 0.6 is 11.6 Å². The summed E-state index contributed by atoms with van der Waals surface area (Å²) in [4.78, 5) is 21.1. The summed E-state index contributed by atoms with van der Waals surface area (Å²) in [5.74, 6) is -0.580. The Morgan fingerprint density at radius 1 is 1.17 bits per heavy atom. The van der Waals surface area contributed by atoms with Gasteiger partial charge in [0, 0.05) is 42.5 Å². The lowest BCUT2D eigenvalue weighted by Crippen LogP contribution is -2.36. The number of nitrogens with one attached hydrogen (secondary N) is 1. The summed E-state index contributed by atoms with van der Waals surface area (Å²) in [6, 6.07) is 7.48. The van der Waals surface area contributed by atoms with Crippen LogP contribution in [0.3, 0.4) is 0 Å². The second-order valence-corrected chi connectivity index (χ2v) is 7.84. The molecule has 13 heteroatoms. The van der Waals surface area contributed by atoms with E-state index in [9.17, 15) is 14.5 Å². The van der Waals surface area contributed by atoms with Gasteiger partial charge < -0.3 is 30.2 Å². The molecule has 0 radical (unpaired) electrons. The molecule has 2 aromatic carbocycles. The SMILES string of the molecule is COc1cc(F)c([N+](=O)[O-])cc1Nc1nc(N)c(Cl)c(-c2ccc(N3CCOCC3)cc2OC)n1. The van der Waals surface area contributed by atoms with Crippen molar-refractivity contribution in [3.63, 3.8) is 0 Å². The van der Waals surface area contributed by atoms with E-state index in [1.165, 1.54) is 14.2 Å². The van der Waals surface area contributed by atoms with Crippen molar-refractivity contribution in [2.24, 2.45) is 0 Å². The van der Waals surface area contributed by atoms with Crippen molar-refractivity contribution in [1.29, 1.82) is 0 Å². The van der Waals surface area contributed by atoms with E-state index in [4.69, 9.17) is 31.5 Å². The lowest BCUT2D eigenvalue weighted by atomic mass is 10.1. The van der Waals surface area contributed by atoms with Crippen molar-refractivity contribution in [2.45, 2.75) is 0 Å². The molecule has 3 N–H and O–H groups in total. The summed E-state index contributed by atoms with van der Waals surface area (Å²) in [6.07, 6.45) is 0. The minimum Gasteiger partial charge on any atom is -0.496 e. The molecule has 184 valence electrons. The Kier molecular flexibility index (Phi) is 7.03. The van der Waals surface area contributed by atoms with Gasteiger partial charge in [0.1, 0.15) is 28.0 Å². The van der Waals surface area contributed by atoms with Gasteiger partial charge in [-0.15, -0.1) is 0 Å². The number of methoxy groups -OCH3 is 2. The summed E-state index contributed by atoms with van der Waals surface area (Å²) in [7, 11) is 2.83. The summed E-state index contributed by atoms with van der Waals surface area (Å²) >= 11 is 6.44. The highest BCUT2D eigenvalue weighted by atomic mass is 35.5. The van der Waals surface area contributed by atoms with E-state index in [0.29, 0.717) is 24.5 Å². The normalized spacial score (nSPS) is 13.4. The number of morpholine rings is 1. The van der Waals surface area contributed by atoms with Crippen LogP contribution in [0.2, 0.25) is 5.02 Å². The number of halogens is 2. The van der Waals surface area contributed by atoms with Crippen LogP contribution < -0.4 is 25.4 Å². The molecule has 3 aromatic rings. The van der Waals surface area contributed by atoms with Gasteiger partial charge >= 0.3 is 5.69 Å². The van der Waals surface area contributed by atoms with Crippen LogP contribution in [-0.4, -0.2) is 55.4 Å². The third-order valence-electron chi connectivity index (χ3n) is 5.41. The van der Waals surface area contributed by atoms with Gasteiger partial charge in [0.2, 0.25) is 11.8 Å². The molecule has 0 bridgehead atoms. The van der Waals surface area contributed by atoms with Gasteiger partial charge in [-0.25, -0.2) is 4.98 Å². The number of nitrogens with zero attached hydrogens (tertiary/aromatic N) is 4. The van der Waals surface area contributed by atoms with Crippen LogP contribution in [0.1, 0.15) is 0 Å². The molecule has 0 unspecified atom stereocenters.